The van der Waals surface area contributed by atoms with Crippen molar-refractivity contribution in [1.29, 1.82) is 0 Å². The van der Waals surface area contributed by atoms with Crippen LogP contribution in [0, 0.1) is 0 Å². The molecule has 0 saturated heterocycles. The van der Waals surface area contributed by atoms with E-state index in [2.05, 4.69) is 20.4 Å². The van der Waals surface area contributed by atoms with E-state index in [9.17, 15) is 8.78 Å². The normalized spacial score (nSPS) is 10.7. The molecule has 0 bridgehead atoms. The van der Waals surface area contributed by atoms with E-state index in [4.69, 9.17) is 4.74 Å². The smallest absolute Gasteiger partial charge is 0.387 e. The molecule has 0 saturated carbocycles. The van der Waals surface area contributed by atoms with Gasteiger partial charge in [0, 0.05) is 18.8 Å². The van der Waals surface area contributed by atoms with Crippen LogP contribution in [-0.4, -0.2) is 28.7 Å². The van der Waals surface area contributed by atoms with Gasteiger partial charge >= 0.3 is 6.61 Å². The first kappa shape index (κ1) is 14.0. The van der Waals surface area contributed by atoms with Crippen LogP contribution < -0.4 is 14.8 Å². The minimum atomic E-state index is -2.90. The molecule has 0 unspecified atom stereocenters. The van der Waals surface area contributed by atoms with Crippen molar-refractivity contribution in [3.63, 3.8) is 0 Å². The Hall–Kier alpha value is -2.38. The highest BCUT2D eigenvalue weighted by Gasteiger charge is 2.11. The number of anilines is 1. The molecule has 0 atom stereocenters. The predicted molar refractivity (Wildman–Crippen MR) is 68.0 cm³/mol. The molecule has 1 N–H and O–H groups in total. The van der Waals surface area contributed by atoms with Crippen molar-refractivity contribution in [2.24, 2.45) is 7.05 Å². The van der Waals surface area contributed by atoms with Gasteiger partial charge in [-0.1, -0.05) is 5.21 Å². The minimum absolute atomic E-state index is 0.0179. The van der Waals surface area contributed by atoms with Crippen LogP contribution in [0.25, 0.3) is 0 Å². The number of hydrogen-bond acceptors (Lipinski definition) is 5. The summed E-state index contributed by atoms with van der Waals surface area (Å²) in [5, 5.41) is 10.6. The first-order chi connectivity index (χ1) is 9.60. The van der Waals surface area contributed by atoms with Gasteiger partial charge in [0.2, 0.25) is 0 Å². The third kappa shape index (κ3) is 3.34. The number of aromatic nitrogens is 3. The Morgan fingerprint density at radius 2 is 2.15 bits per heavy atom. The number of ether oxygens (including phenoxy) is 2. The van der Waals surface area contributed by atoms with Crippen LogP contribution in [0.3, 0.4) is 0 Å². The van der Waals surface area contributed by atoms with E-state index >= 15 is 0 Å². The average molecular weight is 284 g/mol. The van der Waals surface area contributed by atoms with Crippen molar-refractivity contribution in [1.82, 2.24) is 15.0 Å². The quantitative estimate of drug-likeness (QED) is 0.879. The van der Waals surface area contributed by atoms with Gasteiger partial charge in [-0.15, -0.1) is 5.10 Å². The lowest BCUT2D eigenvalue weighted by Gasteiger charge is -2.12. The molecule has 108 valence electrons. The molecule has 0 spiro atoms. The highest BCUT2D eigenvalue weighted by molar-refractivity contribution is 5.54. The summed E-state index contributed by atoms with van der Waals surface area (Å²) in [4.78, 5) is 0. The number of nitrogens with zero attached hydrogens (tertiary/aromatic N) is 3. The lowest BCUT2D eigenvalue weighted by molar-refractivity contribution is -0.0511. The predicted octanol–water partition coefficient (Wildman–Crippen LogP) is 2.04. The maximum Gasteiger partial charge on any atom is 0.387 e. The second-order valence-corrected chi connectivity index (χ2v) is 3.95. The van der Waals surface area contributed by atoms with Gasteiger partial charge in [-0.2, -0.15) is 8.78 Å². The summed E-state index contributed by atoms with van der Waals surface area (Å²) in [5.74, 6) is 0.230. The Morgan fingerprint density at radius 3 is 2.75 bits per heavy atom. The molecule has 6 nitrogen and oxygen atoms in total. The Balaban J connectivity index is 2.10. The molecule has 1 aromatic heterocycles. The molecule has 2 aromatic rings. The van der Waals surface area contributed by atoms with Crippen LogP contribution in [0.5, 0.6) is 11.5 Å². The van der Waals surface area contributed by atoms with Gasteiger partial charge in [0.1, 0.15) is 0 Å². The van der Waals surface area contributed by atoms with Gasteiger partial charge in [0.25, 0.3) is 0 Å². The Bertz CT molecular complexity index is 574. The van der Waals surface area contributed by atoms with Gasteiger partial charge in [-0.05, 0) is 12.1 Å². The molecular formula is C12H14F2N4O2. The monoisotopic (exact) mass is 284 g/mol. The van der Waals surface area contributed by atoms with E-state index in [1.165, 1.54) is 13.2 Å². The molecule has 2 rings (SSSR count). The Kier molecular flexibility index (Phi) is 4.34. The minimum Gasteiger partial charge on any atom is -0.493 e. The van der Waals surface area contributed by atoms with Crippen molar-refractivity contribution in [3.05, 3.63) is 30.1 Å². The van der Waals surface area contributed by atoms with Crippen LogP contribution >= 0.6 is 0 Å². The molecular weight excluding hydrogens is 270 g/mol. The summed E-state index contributed by atoms with van der Waals surface area (Å²) in [7, 11) is 3.16. The summed E-state index contributed by atoms with van der Waals surface area (Å²) in [6.45, 7) is -2.44. The number of rotatable bonds is 6. The van der Waals surface area contributed by atoms with E-state index in [1.54, 1.807) is 30.1 Å². The second-order valence-electron chi connectivity index (χ2n) is 3.95. The van der Waals surface area contributed by atoms with Crippen LogP contribution in [0.15, 0.2) is 24.4 Å². The first-order valence-electron chi connectivity index (χ1n) is 5.80. The fourth-order valence-electron chi connectivity index (χ4n) is 1.64. The maximum atomic E-state index is 12.3. The standard InChI is InChI=1S/C12H14F2N4O2/c1-18-9(7-16-17-18)6-15-8-3-4-10(19-2)11(5-8)20-12(13)14/h3-5,7,12,15H,6H2,1-2H3. The van der Waals surface area contributed by atoms with E-state index in [1.807, 2.05) is 0 Å². The topological polar surface area (TPSA) is 61.2 Å². The summed E-state index contributed by atoms with van der Waals surface area (Å²) in [6.07, 6.45) is 1.62. The van der Waals surface area contributed by atoms with Crippen molar-refractivity contribution < 1.29 is 18.3 Å². The Morgan fingerprint density at radius 1 is 1.35 bits per heavy atom. The van der Waals surface area contributed by atoms with E-state index in [0.717, 1.165) is 5.69 Å². The van der Waals surface area contributed by atoms with Crippen LogP contribution in [0.1, 0.15) is 5.69 Å². The molecule has 1 heterocycles. The second kappa shape index (κ2) is 6.18. The Labute approximate surface area is 114 Å². The molecule has 20 heavy (non-hydrogen) atoms. The molecule has 1 aromatic carbocycles. The van der Waals surface area contributed by atoms with E-state index in [-0.39, 0.29) is 11.5 Å². The number of hydrogen-bond donors (Lipinski definition) is 1. The summed E-state index contributed by atoms with van der Waals surface area (Å²) < 4.78 is 35.6. The van der Waals surface area contributed by atoms with E-state index in [0.29, 0.717) is 12.2 Å². The van der Waals surface area contributed by atoms with Crippen LogP contribution in [-0.2, 0) is 13.6 Å². The highest BCUT2D eigenvalue weighted by atomic mass is 19.3. The molecule has 0 aliphatic heterocycles. The van der Waals surface area contributed by atoms with Gasteiger partial charge in [0.05, 0.1) is 25.5 Å². The SMILES string of the molecule is COc1ccc(NCc2cnnn2C)cc1OC(F)F. The third-order valence-electron chi connectivity index (χ3n) is 2.66. The lowest BCUT2D eigenvalue weighted by atomic mass is 10.2. The number of nitrogens with one attached hydrogen (secondary N) is 1. The summed E-state index contributed by atoms with van der Waals surface area (Å²) in [5.41, 5.74) is 1.49. The zero-order chi connectivity index (χ0) is 14.5. The fourth-order valence-corrected chi connectivity index (χ4v) is 1.64. The number of alkyl halides is 2. The van der Waals surface area contributed by atoms with E-state index < -0.39 is 6.61 Å². The highest BCUT2D eigenvalue weighted by Crippen LogP contribution is 2.31. The van der Waals surface area contributed by atoms with Gasteiger partial charge in [-0.3, -0.25) is 4.68 Å². The number of benzene rings is 1. The number of methoxy groups -OCH3 is 1. The first-order valence-corrected chi connectivity index (χ1v) is 5.80. The van der Waals surface area contributed by atoms with Crippen molar-refractivity contribution in [2.45, 2.75) is 13.2 Å². The number of halogens is 2. The zero-order valence-corrected chi connectivity index (χ0v) is 11.0. The lowest BCUT2D eigenvalue weighted by Crippen LogP contribution is -2.07. The molecule has 0 aliphatic carbocycles. The van der Waals surface area contributed by atoms with Crippen molar-refractivity contribution in [2.75, 3.05) is 12.4 Å². The largest absolute Gasteiger partial charge is 0.493 e. The summed E-state index contributed by atoms with van der Waals surface area (Å²) in [6, 6.07) is 4.72. The molecule has 0 radical (unpaired) electrons. The average Bonchev–Trinajstić information content (AvgIpc) is 2.81. The molecule has 8 heteroatoms. The van der Waals surface area contributed by atoms with Gasteiger partial charge in [-0.25, -0.2) is 0 Å². The maximum absolute atomic E-state index is 12.3. The van der Waals surface area contributed by atoms with Crippen molar-refractivity contribution >= 4 is 5.69 Å². The van der Waals surface area contributed by atoms with Crippen LogP contribution in [0.4, 0.5) is 14.5 Å². The van der Waals surface area contributed by atoms with Crippen LogP contribution in [0.2, 0.25) is 0 Å². The number of aryl methyl sites for hydroxylation is 1. The van der Waals surface area contributed by atoms with Gasteiger partial charge < -0.3 is 14.8 Å². The molecule has 0 aliphatic rings. The summed E-state index contributed by atoms with van der Waals surface area (Å²) >= 11 is 0. The third-order valence-corrected chi connectivity index (χ3v) is 2.66. The zero-order valence-electron chi connectivity index (χ0n) is 11.0. The van der Waals surface area contributed by atoms with Crippen molar-refractivity contribution in [3.8, 4) is 11.5 Å². The fraction of sp³-hybridized carbons (Fsp3) is 0.333. The molecule has 0 amide bonds. The molecule has 0 fully saturated rings. The van der Waals surface area contributed by atoms with Gasteiger partial charge in [0.15, 0.2) is 11.5 Å².